The maximum atomic E-state index is 6.06. The van der Waals surface area contributed by atoms with Crippen molar-refractivity contribution in [1.82, 2.24) is 9.88 Å². The quantitative estimate of drug-likeness (QED) is 0.934. The molecule has 2 atom stereocenters. The Morgan fingerprint density at radius 1 is 1.32 bits per heavy atom. The third kappa shape index (κ3) is 2.86. The predicted molar refractivity (Wildman–Crippen MR) is 80.0 cm³/mol. The van der Waals surface area contributed by atoms with Gasteiger partial charge in [-0.05, 0) is 5.92 Å². The predicted octanol–water partition coefficient (Wildman–Crippen LogP) is 2.59. The van der Waals surface area contributed by atoms with Gasteiger partial charge in [-0.25, -0.2) is 4.98 Å². The first-order valence-electron chi connectivity index (χ1n) is 6.70. The summed E-state index contributed by atoms with van der Waals surface area (Å²) in [6, 6.07) is 10.7. The fourth-order valence-corrected chi connectivity index (χ4v) is 3.36. The lowest BCUT2D eigenvalue weighted by atomic mass is 10.1. The number of aromatic nitrogens is 1. The molecule has 100 valence electrons. The molecule has 1 aliphatic heterocycles. The van der Waals surface area contributed by atoms with E-state index >= 15 is 0 Å². The second-order valence-electron chi connectivity index (χ2n) is 5.35. The maximum Gasteiger partial charge on any atom is 0.123 e. The van der Waals surface area contributed by atoms with E-state index in [0.29, 0.717) is 12.0 Å². The molecule has 1 aromatic carbocycles. The Bertz CT molecular complexity index is 527. The molecule has 0 saturated carbocycles. The zero-order valence-electron chi connectivity index (χ0n) is 11.1. The van der Waals surface area contributed by atoms with Crippen molar-refractivity contribution < 1.29 is 0 Å². The van der Waals surface area contributed by atoms with Crippen molar-refractivity contribution in [1.29, 1.82) is 0 Å². The van der Waals surface area contributed by atoms with Crippen molar-refractivity contribution in [2.45, 2.75) is 19.5 Å². The number of benzene rings is 1. The molecule has 4 heteroatoms. The molecule has 19 heavy (non-hydrogen) atoms. The zero-order chi connectivity index (χ0) is 13.2. The third-order valence-corrected chi connectivity index (χ3v) is 4.64. The van der Waals surface area contributed by atoms with Crippen LogP contribution in [0.3, 0.4) is 0 Å². The molecule has 0 radical (unpaired) electrons. The number of hydrogen-bond acceptors (Lipinski definition) is 4. The van der Waals surface area contributed by atoms with Gasteiger partial charge in [-0.3, -0.25) is 4.90 Å². The summed E-state index contributed by atoms with van der Waals surface area (Å²) in [4.78, 5) is 7.13. The summed E-state index contributed by atoms with van der Waals surface area (Å²) in [6.45, 7) is 5.21. The third-order valence-electron chi connectivity index (χ3n) is 3.70. The minimum absolute atomic E-state index is 0.312. The van der Waals surface area contributed by atoms with E-state index in [1.165, 1.54) is 5.56 Å². The monoisotopic (exact) mass is 273 g/mol. The lowest BCUT2D eigenvalue weighted by Gasteiger charge is -2.12. The van der Waals surface area contributed by atoms with Crippen LogP contribution < -0.4 is 5.73 Å². The van der Waals surface area contributed by atoms with Crippen LogP contribution in [0, 0.1) is 5.92 Å². The van der Waals surface area contributed by atoms with Gasteiger partial charge in [-0.2, -0.15) is 0 Å². The van der Waals surface area contributed by atoms with Crippen molar-refractivity contribution >= 4 is 11.3 Å². The van der Waals surface area contributed by atoms with Crippen molar-refractivity contribution in [3.05, 3.63) is 41.4 Å². The molecule has 2 N–H and O–H groups in total. The van der Waals surface area contributed by atoms with Gasteiger partial charge in [0.2, 0.25) is 0 Å². The molecule has 1 saturated heterocycles. The van der Waals surface area contributed by atoms with Gasteiger partial charge < -0.3 is 5.73 Å². The van der Waals surface area contributed by atoms with E-state index < -0.39 is 0 Å². The molecule has 0 aliphatic carbocycles. The second-order valence-corrected chi connectivity index (χ2v) is 6.20. The van der Waals surface area contributed by atoms with Crippen molar-refractivity contribution in [2.75, 3.05) is 13.1 Å². The fraction of sp³-hybridized carbons (Fsp3) is 0.400. The van der Waals surface area contributed by atoms with E-state index in [4.69, 9.17) is 10.7 Å². The largest absolute Gasteiger partial charge is 0.326 e. The number of thiazole rings is 1. The van der Waals surface area contributed by atoms with Crippen LogP contribution in [0.25, 0.3) is 10.6 Å². The Morgan fingerprint density at radius 3 is 2.79 bits per heavy atom. The summed E-state index contributed by atoms with van der Waals surface area (Å²) < 4.78 is 0. The molecule has 0 amide bonds. The smallest absolute Gasteiger partial charge is 0.123 e. The number of nitrogens with two attached hydrogens (primary N) is 1. The van der Waals surface area contributed by atoms with Crippen molar-refractivity contribution in [3.8, 4) is 10.6 Å². The standard InChI is InChI=1S/C15H19N3S/c1-11-7-18(9-14(11)16)8-13-10-19-15(17-13)12-5-3-2-4-6-12/h2-6,10-11,14H,7-9,16H2,1H3. The van der Waals surface area contributed by atoms with Crippen molar-refractivity contribution in [2.24, 2.45) is 11.7 Å². The highest BCUT2D eigenvalue weighted by atomic mass is 32.1. The van der Waals surface area contributed by atoms with Gasteiger partial charge in [-0.1, -0.05) is 37.3 Å². The molecule has 0 spiro atoms. The normalized spacial score (nSPS) is 23.9. The van der Waals surface area contributed by atoms with Crippen LogP contribution in [0.5, 0.6) is 0 Å². The van der Waals surface area contributed by atoms with E-state index in [9.17, 15) is 0 Å². The first kappa shape index (κ1) is 12.8. The average Bonchev–Trinajstić information content (AvgIpc) is 2.99. The zero-order valence-corrected chi connectivity index (χ0v) is 11.9. The Hall–Kier alpha value is -1.23. The molecular weight excluding hydrogens is 254 g/mol. The lowest BCUT2D eigenvalue weighted by molar-refractivity contribution is 0.315. The van der Waals surface area contributed by atoms with Crippen LogP contribution >= 0.6 is 11.3 Å². The molecule has 1 aliphatic rings. The molecule has 1 aromatic heterocycles. The van der Waals surface area contributed by atoms with Crippen LogP contribution in [0.4, 0.5) is 0 Å². The number of hydrogen-bond donors (Lipinski definition) is 1. The first-order valence-corrected chi connectivity index (χ1v) is 7.58. The number of likely N-dealkylation sites (tertiary alicyclic amines) is 1. The van der Waals surface area contributed by atoms with Crippen LogP contribution in [0.15, 0.2) is 35.7 Å². The van der Waals surface area contributed by atoms with E-state index in [1.807, 2.05) is 6.07 Å². The van der Waals surface area contributed by atoms with Gasteiger partial charge in [0.25, 0.3) is 0 Å². The van der Waals surface area contributed by atoms with E-state index in [2.05, 4.69) is 41.5 Å². The van der Waals surface area contributed by atoms with Gasteiger partial charge >= 0.3 is 0 Å². The van der Waals surface area contributed by atoms with Gasteiger partial charge in [0, 0.05) is 36.6 Å². The van der Waals surface area contributed by atoms with Gasteiger partial charge in [0.1, 0.15) is 5.01 Å². The molecule has 3 rings (SSSR count). The van der Waals surface area contributed by atoms with Gasteiger partial charge in [0.05, 0.1) is 5.69 Å². The Morgan fingerprint density at radius 2 is 2.11 bits per heavy atom. The van der Waals surface area contributed by atoms with E-state index in [-0.39, 0.29) is 0 Å². The van der Waals surface area contributed by atoms with Crippen LogP contribution in [-0.2, 0) is 6.54 Å². The molecule has 2 heterocycles. The highest BCUT2D eigenvalue weighted by Crippen LogP contribution is 2.25. The molecule has 2 aromatic rings. The van der Waals surface area contributed by atoms with Crippen LogP contribution in [0.1, 0.15) is 12.6 Å². The van der Waals surface area contributed by atoms with Crippen LogP contribution in [0.2, 0.25) is 0 Å². The summed E-state index contributed by atoms with van der Waals surface area (Å²) in [7, 11) is 0. The highest BCUT2D eigenvalue weighted by molar-refractivity contribution is 7.13. The summed E-state index contributed by atoms with van der Waals surface area (Å²) in [6.07, 6.45) is 0. The SMILES string of the molecule is CC1CN(Cc2csc(-c3ccccc3)n2)CC1N. The summed E-state index contributed by atoms with van der Waals surface area (Å²) in [5.41, 5.74) is 8.42. The highest BCUT2D eigenvalue weighted by Gasteiger charge is 2.26. The Labute approximate surface area is 118 Å². The molecule has 3 nitrogen and oxygen atoms in total. The minimum Gasteiger partial charge on any atom is -0.326 e. The Kier molecular flexibility index (Phi) is 3.64. The summed E-state index contributed by atoms with van der Waals surface area (Å²) in [5.74, 6) is 0.590. The second kappa shape index (κ2) is 5.41. The first-order chi connectivity index (χ1) is 9.22. The molecule has 2 unspecified atom stereocenters. The number of rotatable bonds is 3. The number of nitrogens with zero attached hydrogens (tertiary/aromatic N) is 2. The Balaban J connectivity index is 1.69. The van der Waals surface area contributed by atoms with Crippen molar-refractivity contribution in [3.63, 3.8) is 0 Å². The minimum atomic E-state index is 0.312. The fourth-order valence-electron chi connectivity index (χ4n) is 2.55. The summed E-state index contributed by atoms with van der Waals surface area (Å²) >= 11 is 1.72. The lowest BCUT2D eigenvalue weighted by Crippen LogP contribution is -2.28. The molecule has 0 bridgehead atoms. The van der Waals surface area contributed by atoms with Gasteiger partial charge in [0.15, 0.2) is 0 Å². The topological polar surface area (TPSA) is 42.2 Å². The maximum absolute atomic E-state index is 6.06. The van der Waals surface area contributed by atoms with E-state index in [1.54, 1.807) is 11.3 Å². The van der Waals surface area contributed by atoms with Crippen LogP contribution in [-0.4, -0.2) is 29.0 Å². The van der Waals surface area contributed by atoms with E-state index in [0.717, 1.165) is 30.3 Å². The average molecular weight is 273 g/mol. The molecular formula is C15H19N3S. The molecule has 1 fully saturated rings. The van der Waals surface area contributed by atoms with Gasteiger partial charge in [-0.15, -0.1) is 11.3 Å². The summed E-state index contributed by atoms with van der Waals surface area (Å²) in [5, 5.41) is 3.27.